The summed E-state index contributed by atoms with van der Waals surface area (Å²) in [6.45, 7) is 1.86. The van der Waals surface area contributed by atoms with Crippen LogP contribution >= 0.6 is 0 Å². The number of fused-ring (bicyclic) bond motifs is 1. The monoisotopic (exact) mass is 300 g/mol. The zero-order valence-corrected chi connectivity index (χ0v) is 12.3. The second-order valence-corrected chi connectivity index (χ2v) is 6.43. The van der Waals surface area contributed by atoms with Gasteiger partial charge in [0.2, 0.25) is 10.0 Å². The van der Waals surface area contributed by atoms with Crippen molar-refractivity contribution in [2.45, 2.75) is 12.8 Å². The summed E-state index contributed by atoms with van der Waals surface area (Å²) >= 11 is 0. The van der Waals surface area contributed by atoms with Gasteiger partial charge >= 0.3 is 0 Å². The summed E-state index contributed by atoms with van der Waals surface area (Å²) in [4.78, 5) is 0. The highest BCUT2D eigenvalue weighted by atomic mass is 32.2. The Bertz CT molecular complexity index is 545. The normalized spacial score (nSPS) is 14.7. The topological polar surface area (TPSA) is 76.7 Å². The van der Waals surface area contributed by atoms with E-state index < -0.39 is 10.0 Å². The van der Waals surface area contributed by atoms with Crippen LogP contribution in [0, 0.1) is 0 Å². The van der Waals surface area contributed by atoms with Crippen molar-refractivity contribution in [1.29, 1.82) is 0 Å². The quantitative estimate of drug-likeness (QED) is 0.772. The summed E-state index contributed by atoms with van der Waals surface area (Å²) in [5.41, 5.74) is 0.499. The van der Waals surface area contributed by atoms with Gasteiger partial charge in [-0.1, -0.05) is 0 Å². The van der Waals surface area contributed by atoms with E-state index in [2.05, 4.69) is 10.0 Å². The maximum atomic E-state index is 11.9. The average Bonchev–Trinajstić information content (AvgIpc) is 2.63. The minimum absolute atomic E-state index is 0.0856. The van der Waals surface area contributed by atoms with Crippen LogP contribution in [-0.4, -0.2) is 41.0 Å². The van der Waals surface area contributed by atoms with Gasteiger partial charge in [0, 0.05) is 12.5 Å². The zero-order valence-electron chi connectivity index (χ0n) is 11.5. The van der Waals surface area contributed by atoms with Gasteiger partial charge in [-0.2, -0.15) is 0 Å². The molecule has 0 amide bonds. The molecule has 0 fully saturated rings. The first-order valence-corrected chi connectivity index (χ1v) is 8.31. The minimum atomic E-state index is -3.33. The van der Waals surface area contributed by atoms with Crippen molar-refractivity contribution >= 4 is 15.7 Å². The predicted molar refractivity (Wildman–Crippen MR) is 78.0 cm³/mol. The number of rotatable bonds is 6. The molecule has 0 atom stereocenters. The number of hydrogen-bond acceptors (Lipinski definition) is 5. The highest BCUT2D eigenvalue weighted by molar-refractivity contribution is 7.92. The summed E-state index contributed by atoms with van der Waals surface area (Å²) in [5, 5.41) is 2.92. The second-order valence-electron chi connectivity index (χ2n) is 4.59. The van der Waals surface area contributed by atoms with Gasteiger partial charge < -0.3 is 14.8 Å². The molecule has 1 aromatic rings. The molecule has 2 rings (SSSR count). The summed E-state index contributed by atoms with van der Waals surface area (Å²) in [5.74, 6) is 1.32. The van der Waals surface area contributed by atoms with E-state index in [1.165, 1.54) is 0 Å². The van der Waals surface area contributed by atoms with E-state index in [-0.39, 0.29) is 5.75 Å². The van der Waals surface area contributed by atoms with E-state index in [0.29, 0.717) is 43.4 Å². The molecule has 7 heteroatoms. The van der Waals surface area contributed by atoms with Gasteiger partial charge in [-0.15, -0.1) is 0 Å². The Morgan fingerprint density at radius 2 is 1.95 bits per heavy atom. The number of sulfonamides is 1. The highest BCUT2D eigenvalue weighted by Crippen LogP contribution is 2.32. The maximum absolute atomic E-state index is 11.9. The van der Waals surface area contributed by atoms with Crippen LogP contribution in [0.1, 0.15) is 12.8 Å². The number of benzene rings is 1. The Hall–Kier alpha value is -1.47. The van der Waals surface area contributed by atoms with Crippen molar-refractivity contribution in [1.82, 2.24) is 5.32 Å². The first kappa shape index (κ1) is 14.9. The summed E-state index contributed by atoms with van der Waals surface area (Å²) < 4.78 is 37.4. The minimum Gasteiger partial charge on any atom is -0.490 e. The summed E-state index contributed by atoms with van der Waals surface area (Å²) in [7, 11) is -1.53. The number of ether oxygens (including phenoxy) is 2. The molecule has 20 heavy (non-hydrogen) atoms. The van der Waals surface area contributed by atoms with Crippen molar-refractivity contribution < 1.29 is 17.9 Å². The molecule has 0 saturated carbocycles. The van der Waals surface area contributed by atoms with Gasteiger partial charge in [0.25, 0.3) is 0 Å². The second kappa shape index (κ2) is 6.81. The van der Waals surface area contributed by atoms with Crippen molar-refractivity contribution in [2.75, 3.05) is 37.3 Å². The first-order valence-electron chi connectivity index (χ1n) is 6.65. The fourth-order valence-electron chi connectivity index (χ4n) is 1.90. The molecule has 6 nitrogen and oxygen atoms in total. The Morgan fingerprint density at radius 3 is 2.70 bits per heavy atom. The standard InChI is InChI=1S/C13H20N2O4S/c1-14-6-2-9-20(16,17)15-11-4-5-12-13(10-11)19-8-3-7-18-12/h4-5,10,14-15H,2-3,6-9H2,1H3. The first-order chi connectivity index (χ1) is 9.61. The Balaban J connectivity index is 2.04. The molecule has 1 aliphatic rings. The number of nitrogens with one attached hydrogen (secondary N) is 2. The molecule has 0 aliphatic carbocycles. The lowest BCUT2D eigenvalue weighted by Crippen LogP contribution is -2.20. The predicted octanol–water partition coefficient (Wildman–Crippen LogP) is 1.20. The van der Waals surface area contributed by atoms with Crippen LogP contribution in [0.15, 0.2) is 18.2 Å². The Kier molecular flexibility index (Phi) is 5.08. The van der Waals surface area contributed by atoms with E-state index in [1.54, 1.807) is 25.2 Å². The van der Waals surface area contributed by atoms with Crippen LogP contribution < -0.4 is 19.5 Å². The number of anilines is 1. The molecule has 0 aromatic heterocycles. The third kappa shape index (κ3) is 4.28. The van der Waals surface area contributed by atoms with Crippen LogP contribution in [-0.2, 0) is 10.0 Å². The van der Waals surface area contributed by atoms with Gasteiger partial charge in [0.05, 0.1) is 24.7 Å². The van der Waals surface area contributed by atoms with Crippen molar-refractivity contribution in [3.8, 4) is 11.5 Å². The summed E-state index contributed by atoms with van der Waals surface area (Å²) in [6, 6.07) is 5.07. The molecular weight excluding hydrogens is 280 g/mol. The SMILES string of the molecule is CNCCCS(=O)(=O)Nc1ccc2c(c1)OCCCO2. The molecule has 0 saturated heterocycles. The van der Waals surface area contributed by atoms with Gasteiger partial charge in [0.15, 0.2) is 11.5 Å². The van der Waals surface area contributed by atoms with E-state index in [9.17, 15) is 8.42 Å². The van der Waals surface area contributed by atoms with Crippen LogP contribution in [0.25, 0.3) is 0 Å². The lowest BCUT2D eigenvalue weighted by atomic mass is 10.3. The maximum Gasteiger partial charge on any atom is 0.232 e. The van der Waals surface area contributed by atoms with Crippen LogP contribution in [0.5, 0.6) is 11.5 Å². The third-order valence-electron chi connectivity index (χ3n) is 2.86. The molecular formula is C13H20N2O4S. The molecule has 1 aliphatic heterocycles. The Labute approximate surface area is 119 Å². The number of hydrogen-bond donors (Lipinski definition) is 2. The lowest BCUT2D eigenvalue weighted by Gasteiger charge is -2.11. The van der Waals surface area contributed by atoms with Gasteiger partial charge in [-0.3, -0.25) is 4.72 Å². The van der Waals surface area contributed by atoms with E-state index in [0.717, 1.165) is 6.42 Å². The Morgan fingerprint density at radius 1 is 1.20 bits per heavy atom. The molecule has 112 valence electrons. The van der Waals surface area contributed by atoms with Gasteiger partial charge in [0.1, 0.15) is 0 Å². The third-order valence-corrected chi connectivity index (χ3v) is 4.23. The molecule has 1 aromatic carbocycles. The van der Waals surface area contributed by atoms with Crippen LogP contribution in [0.3, 0.4) is 0 Å². The highest BCUT2D eigenvalue weighted by Gasteiger charge is 2.14. The molecule has 0 radical (unpaired) electrons. The van der Waals surface area contributed by atoms with E-state index in [4.69, 9.17) is 9.47 Å². The van der Waals surface area contributed by atoms with E-state index >= 15 is 0 Å². The van der Waals surface area contributed by atoms with Crippen LogP contribution in [0.4, 0.5) is 5.69 Å². The fourth-order valence-corrected chi connectivity index (χ4v) is 3.01. The fraction of sp³-hybridized carbons (Fsp3) is 0.538. The smallest absolute Gasteiger partial charge is 0.232 e. The molecule has 0 spiro atoms. The van der Waals surface area contributed by atoms with Crippen molar-refractivity contribution in [3.63, 3.8) is 0 Å². The molecule has 2 N–H and O–H groups in total. The van der Waals surface area contributed by atoms with E-state index in [1.807, 2.05) is 0 Å². The average molecular weight is 300 g/mol. The van der Waals surface area contributed by atoms with Crippen molar-refractivity contribution in [3.05, 3.63) is 18.2 Å². The van der Waals surface area contributed by atoms with Gasteiger partial charge in [-0.05, 0) is 32.1 Å². The molecule has 1 heterocycles. The molecule has 0 bridgehead atoms. The molecule has 0 unspecified atom stereocenters. The zero-order chi connectivity index (χ0) is 14.4. The van der Waals surface area contributed by atoms with Crippen LogP contribution in [0.2, 0.25) is 0 Å². The van der Waals surface area contributed by atoms with Gasteiger partial charge in [-0.25, -0.2) is 8.42 Å². The van der Waals surface area contributed by atoms with Crippen molar-refractivity contribution in [2.24, 2.45) is 0 Å². The summed E-state index contributed by atoms with van der Waals surface area (Å²) in [6.07, 6.45) is 1.39. The largest absolute Gasteiger partial charge is 0.490 e. The lowest BCUT2D eigenvalue weighted by molar-refractivity contribution is 0.297.